The van der Waals surface area contributed by atoms with E-state index in [-0.39, 0.29) is 5.91 Å². The van der Waals surface area contributed by atoms with Crippen LogP contribution in [0.15, 0.2) is 66.0 Å². The van der Waals surface area contributed by atoms with E-state index in [9.17, 15) is 4.79 Å². The van der Waals surface area contributed by atoms with Crippen LogP contribution in [0.25, 0.3) is 0 Å². The second-order valence-electron chi connectivity index (χ2n) is 5.53. The highest BCUT2D eigenvalue weighted by molar-refractivity contribution is 7.09. The minimum Gasteiger partial charge on any atom is -0.497 e. The van der Waals surface area contributed by atoms with Crippen molar-refractivity contribution in [3.8, 4) is 5.75 Å². The topological polar surface area (TPSA) is 29.5 Å². The Morgan fingerprint density at radius 2 is 1.75 bits per heavy atom. The zero-order chi connectivity index (χ0) is 16.9. The van der Waals surface area contributed by atoms with Crippen molar-refractivity contribution in [3.63, 3.8) is 0 Å². The number of nitrogens with zero attached hydrogens (tertiary/aromatic N) is 1. The number of hydrogen-bond donors (Lipinski definition) is 0. The van der Waals surface area contributed by atoms with Gasteiger partial charge < -0.3 is 9.64 Å². The Bertz CT molecular complexity index is 793. The van der Waals surface area contributed by atoms with Gasteiger partial charge in [0, 0.05) is 16.1 Å². The first-order valence-corrected chi connectivity index (χ1v) is 8.60. The van der Waals surface area contributed by atoms with Gasteiger partial charge in [0.1, 0.15) is 5.75 Å². The normalized spacial score (nSPS) is 10.4. The third-order valence-corrected chi connectivity index (χ3v) is 4.68. The Morgan fingerprint density at radius 1 is 1.04 bits per heavy atom. The zero-order valence-electron chi connectivity index (χ0n) is 13.7. The molecule has 0 N–H and O–H groups in total. The van der Waals surface area contributed by atoms with Crippen molar-refractivity contribution in [2.24, 2.45) is 0 Å². The van der Waals surface area contributed by atoms with Crippen molar-refractivity contribution in [1.29, 1.82) is 0 Å². The monoisotopic (exact) mass is 337 g/mol. The minimum absolute atomic E-state index is 0.0186. The van der Waals surface area contributed by atoms with E-state index in [1.54, 1.807) is 30.6 Å². The van der Waals surface area contributed by atoms with Crippen molar-refractivity contribution < 1.29 is 9.53 Å². The summed E-state index contributed by atoms with van der Waals surface area (Å²) in [6, 6.07) is 19.3. The first-order valence-electron chi connectivity index (χ1n) is 7.72. The smallest absolute Gasteiger partial charge is 0.258 e. The summed E-state index contributed by atoms with van der Waals surface area (Å²) in [5.41, 5.74) is 2.72. The molecule has 1 heterocycles. The number of hydrogen-bond acceptors (Lipinski definition) is 3. The van der Waals surface area contributed by atoms with E-state index < -0.39 is 0 Å². The van der Waals surface area contributed by atoms with Gasteiger partial charge in [-0.1, -0.05) is 23.8 Å². The molecule has 0 atom stereocenters. The number of ether oxygens (including phenoxy) is 1. The summed E-state index contributed by atoms with van der Waals surface area (Å²) in [7, 11) is 1.62. The summed E-state index contributed by atoms with van der Waals surface area (Å²) in [6.07, 6.45) is 0. The highest BCUT2D eigenvalue weighted by atomic mass is 32.1. The van der Waals surface area contributed by atoms with Crippen LogP contribution in [0.4, 0.5) is 5.69 Å². The number of carbonyl (C=O) groups excluding carboxylic acids is 1. The quantitative estimate of drug-likeness (QED) is 0.662. The Balaban J connectivity index is 1.93. The lowest BCUT2D eigenvalue weighted by Gasteiger charge is -2.23. The van der Waals surface area contributed by atoms with Crippen LogP contribution < -0.4 is 9.64 Å². The fourth-order valence-corrected chi connectivity index (χ4v) is 3.15. The first-order chi connectivity index (χ1) is 11.7. The van der Waals surface area contributed by atoms with Crippen LogP contribution in [0.1, 0.15) is 20.8 Å². The molecule has 122 valence electrons. The standard InChI is InChI=1S/C20H19NO2S/c1-15-5-9-17(10-6-15)21(14-19-4-3-13-24-19)20(22)16-7-11-18(23-2)12-8-16/h3-13H,14H2,1-2H3. The molecule has 0 aliphatic heterocycles. The lowest BCUT2D eigenvalue weighted by molar-refractivity contribution is 0.0985. The molecule has 24 heavy (non-hydrogen) atoms. The molecule has 0 unspecified atom stereocenters. The molecule has 3 aromatic rings. The van der Waals surface area contributed by atoms with Crippen LogP contribution in [0, 0.1) is 6.92 Å². The summed E-state index contributed by atoms with van der Waals surface area (Å²) < 4.78 is 5.17. The fourth-order valence-electron chi connectivity index (χ4n) is 2.45. The van der Waals surface area contributed by atoms with Crippen molar-refractivity contribution in [3.05, 3.63) is 82.0 Å². The number of carbonyl (C=O) groups is 1. The molecule has 0 bridgehead atoms. The van der Waals surface area contributed by atoms with Gasteiger partial charge in [-0.2, -0.15) is 0 Å². The predicted octanol–water partition coefficient (Wildman–Crippen LogP) is 4.91. The molecule has 3 rings (SSSR count). The number of methoxy groups -OCH3 is 1. The van der Waals surface area contributed by atoms with Crippen LogP contribution in [-0.2, 0) is 6.54 Å². The zero-order valence-corrected chi connectivity index (χ0v) is 14.5. The average molecular weight is 337 g/mol. The predicted molar refractivity (Wildman–Crippen MR) is 99.0 cm³/mol. The van der Waals surface area contributed by atoms with Gasteiger partial charge >= 0.3 is 0 Å². The molecule has 4 heteroatoms. The van der Waals surface area contributed by atoms with Crippen LogP contribution >= 0.6 is 11.3 Å². The number of anilines is 1. The molecule has 1 amide bonds. The SMILES string of the molecule is COc1ccc(C(=O)N(Cc2cccs2)c2ccc(C)cc2)cc1. The molecule has 0 radical (unpaired) electrons. The molecule has 2 aromatic carbocycles. The maximum Gasteiger partial charge on any atom is 0.258 e. The lowest BCUT2D eigenvalue weighted by Crippen LogP contribution is -2.30. The van der Waals surface area contributed by atoms with Crippen LogP contribution in [-0.4, -0.2) is 13.0 Å². The van der Waals surface area contributed by atoms with E-state index in [1.165, 1.54) is 5.56 Å². The molecule has 3 nitrogen and oxygen atoms in total. The molecular weight excluding hydrogens is 318 g/mol. The van der Waals surface area contributed by atoms with Gasteiger partial charge in [0.15, 0.2) is 0 Å². The number of thiophene rings is 1. The lowest BCUT2D eigenvalue weighted by atomic mass is 10.1. The van der Waals surface area contributed by atoms with Gasteiger partial charge in [-0.15, -0.1) is 11.3 Å². The van der Waals surface area contributed by atoms with E-state index in [0.29, 0.717) is 12.1 Å². The van der Waals surface area contributed by atoms with Gasteiger partial charge in [-0.25, -0.2) is 0 Å². The summed E-state index contributed by atoms with van der Waals surface area (Å²) in [4.78, 5) is 16.0. The first kappa shape index (κ1) is 16.3. The van der Waals surface area contributed by atoms with Gasteiger partial charge in [0.05, 0.1) is 13.7 Å². The highest BCUT2D eigenvalue weighted by Crippen LogP contribution is 2.23. The van der Waals surface area contributed by atoms with Gasteiger partial charge in [-0.05, 0) is 54.8 Å². The van der Waals surface area contributed by atoms with E-state index >= 15 is 0 Å². The maximum absolute atomic E-state index is 13.0. The van der Waals surface area contributed by atoms with E-state index in [0.717, 1.165) is 16.3 Å². The molecule has 0 aliphatic rings. The average Bonchev–Trinajstić information content (AvgIpc) is 3.13. The number of rotatable bonds is 5. The van der Waals surface area contributed by atoms with Crippen LogP contribution in [0.2, 0.25) is 0 Å². The van der Waals surface area contributed by atoms with Gasteiger partial charge in [0.2, 0.25) is 0 Å². The fraction of sp³-hybridized carbons (Fsp3) is 0.150. The molecule has 0 spiro atoms. The Morgan fingerprint density at radius 3 is 2.33 bits per heavy atom. The summed E-state index contributed by atoms with van der Waals surface area (Å²) in [6.45, 7) is 2.60. The largest absolute Gasteiger partial charge is 0.497 e. The maximum atomic E-state index is 13.0. The number of benzene rings is 2. The van der Waals surface area contributed by atoms with Crippen molar-refractivity contribution in [1.82, 2.24) is 0 Å². The van der Waals surface area contributed by atoms with Crippen LogP contribution in [0.5, 0.6) is 5.75 Å². The Hall–Kier alpha value is -2.59. The van der Waals surface area contributed by atoms with Gasteiger partial charge in [-0.3, -0.25) is 4.79 Å². The van der Waals surface area contributed by atoms with E-state index in [2.05, 4.69) is 0 Å². The second kappa shape index (κ2) is 7.32. The molecule has 0 saturated carbocycles. The number of aryl methyl sites for hydroxylation is 1. The number of amides is 1. The van der Waals surface area contributed by atoms with Crippen molar-refractivity contribution >= 4 is 22.9 Å². The minimum atomic E-state index is -0.0186. The third kappa shape index (κ3) is 3.66. The Kier molecular flexibility index (Phi) is 4.96. The van der Waals surface area contributed by atoms with Gasteiger partial charge in [0.25, 0.3) is 5.91 Å². The summed E-state index contributed by atoms with van der Waals surface area (Å²) in [5, 5.41) is 2.03. The summed E-state index contributed by atoms with van der Waals surface area (Å²) in [5.74, 6) is 0.724. The van der Waals surface area contributed by atoms with E-state index in [1.807, 2.05) is 65.7 Å². The molecule has 0 fully saturated rings. The van der Waals surface area contributed by atoms with Crippen molar-refractivity contribution in [2.75, 3.05) is 12.0 Å². The Labute approximate surface area is 146 Å². The van der Waals surface area contributed by atoms with Crippen LogP contribution in [0.3, 0.4) is 0 Å². The second-order valence-corrected chi connectivity index (χ2v) is 6.57. The summed E-state index contributed by atoms with van der Waals surface area (Å²) >= 11 is 1.65. The highest BCUT2D eigenvalue weighted by Gasteiger charge is 2.18. The molecular formula is C20H19NO2S. The van der Waals surface area contributed by atoms with Crippen molar-refractivity contribution in [2.45, 2.75) is 13.5 Å². The third-order valence-electron chi connectivity index (χ3n) is 3.82. The molecule has 0 aliphatic carbocycles. The van der Waals surface area contributed by atoms with E-state index in [4.69, 9.17) is 4.74 Å². The molecule has 1 aromatic heterocycles. The molecule has 0 saturated heterocycles.